The standard InChI is InChI=1S/C9H9FN2O/c1-6(13)12-8-3-2-7(5-11)9(10)4-8/h2-5,11H,1H3,(H,12,13). The van der Waals surface area contributed by atoms with E-state index in [1.54, 1.807) is 6.07 Å². The van der Waals surface area contributed by atoms with Gasteiger partial charge in [-0.15, -0.1) is 0 Å². The molecule has 0 aromatic heterocycles. The molecular weight excluding hydrogens is 171 g/mol. The maximum absolute atomic E-state index is 13.0. The maximum Gasteiger partial charge on any atom is 0.221 e. The number of carbonyl (C=O) groups excluding carboxylic acids is 1. The average molecular weight is 180 g/mol. The first-order chi connectivity index (χ1) is 6.13. The lowest BCUT2D eigenvalue weighted by Crippen LogP contribution is -2.06. The van der Waals surface area contributed by atoms with Crippen LogP contribution >= 0.6 is 0 Å². The van der Waals surface area contributed by atoms with Crippen molar-refractivity contribution in [1.29, 1.82) is 5.41 Å². The molecule has 1 rings (SSSR count). The maximum atomic E-state index is 13.0. The number of halogens is 1. The molecule has 1 aromatic rings. The molecule has 2 N–H and O–H groups in total. The molecule has 0 aliphatic carbocycles. The van der Waals surface area contributed by atoms with E-state index in [4.69, 9.17) is 5.41 Å². The Balaban J connectivity index is 2.95. The van der Waals surface area contributed by atoms with Crippen LogP contribution in [0.4, 0.5) is 10.1 Å². The molecule has 0 heterocycles. The molecule has 1 aromatic carbocycles. The van der Waals surface area contributed by atoms with Gasteiger partial charge in [0.25, 0.3) is 0 Å². The van der Waals surface area contributed by atoms with Gasteiger partial charge in [0.2, 0.25) is 5.91 Å². The summed E-state index contributed by atoms with van der Waals surface area (Å²) in [5.41, 5.74) is 0.602. The van der Waals surface area contributed by atoms with E-state index in [0.717, 1.165) is 6.21 Å². The number of rotatable bonds is 2. The number of nitrogens with one attached hydrogen (secondary N) is 2. The van der Waals surface area contributed by atoms with Crippen LogP contribution in [-0.2, 0) is 4.79 Å². The summed E-state index contributed by atoms with van der Waals surface area (Å²) in [7, 11) is 0. The summed E-state index contributed by atoms with van der Waals surface area (Å²) in [6.45, 7) is 1.35. The summed E-state index contributed by atoms with van der Waals surface area (Å²) in [4.78, 5) is 10.6. The Morgan fingerprint density at radius 3 is 2.77 bits per heavy atom. The van der Waals surface area contributed by atoms with Crippen molar-refractivity contribution in [2.24, 2.45) is 0 Å². The molecule has 0 bridgehead atoms. The van der Waals surface area contributed by atoms with Crippen molar-refractivity contribution in [3.8, 4) is 0 Å². The van der Waals surface area contributed by atoms with Gasteiger partial charge in [-0.05, 0) is 18.2 Å². The molecule has 0 fully saturated rings. The largest absolute Gasteiger partial charge is 0.326 e. The van der Waals surface area contributed by atoms with Gasteiger partial charge in [0.15, 0.2) is 0 Å². The Kier molecular flexibility index (Phi) is 2.74. The van der Waals surface area contributed by atoms with E-state index < -0.39 is 5.82 Å². The zero-order valence-electron chi connectivity index (χ0n) is 7.10. The molecule has 0 saturated carbocycles. The quantitative estimate of drug-likeness (QED) is 0.669. The molecule has 0 radical (unpaired) electrons. The molecule has 0 spiro atoms. The Morgan fingerprint density at radius 2 is 2.31 bits per heavy atom. The molecule has 0 atom stereocenters. The topological polar surface area (TPSA) is 53.0 Å². The smallest absolute Gasteiger partial charge is 0.221 e. The lowest BCUT2D eigenvalue weighted by molar-refractivity contribution is -0.114. The molecule has 0 unspecified atom stereocenters. The molecule has 1 amide bonds. The first kappa shape index (κ1) is 9.38. The van der Waals surface area contributed by atoms with Crippen LogP contribution in [0.3, 0.4) is 0 Å². The highest BCUT2D eigenvalue weighted by Crippen LogP contribution is 2.12. The van der Waals surface area contributed by atoms with E-state index in [1.807, 2.05) is 0 Å². The van der Waals surface area contributed by atoms with Gasteiger partial charge in [0, 0.05) is 24.4 Å². The number of hydrogen-bond donors (Lipinski definition) is 2. The first-order valence-corrected chi connectivity index (χ1v) is 3.71. The van der Waals surface area contributed by atoms with Crippen LogP contribution in [-0.4, -0.2) is 12.1 Å². The van der Waals surface area contributed by atoms with Crippen LogP contribution in [0.15, 0.2) is 18.2 Å². The molecule has 0 saturated heterocycles. The monoisotopic (exact) mass is 180 g/mol. The van der Waals surface area contributed by atoms with Crippen molar-refractivity contribution >= 4 is 17.8 Å². The van der Waals surface area contributed by atoms with Crippen molar-refractivity contribution in [2.45, 2.75) is 6.92 Å². The fraction of sp³-hybridized carbons (Fsp3) is 0.111. The van der Waals surface area contributed by atoms with Gasteiger partial charge < -0.3 is 10.7 Å². The van der Waals surface area contributed by atoms with Gasteiger partial charge in [-0.25, -0.2) is 4.39 Å². The Labute approximate surface area is 75.1 Å². The third kappa shape index (κ3) is 2.37. The van der Waals surface area contributed by atoms with Crippen LogP contribution < -0.4 is 5.32 Å². The Hall–Kier alpha value is -1.71. The Morgan fingerprint density at radius 1 is 1.62 bits per heavy atom. The first-order valence-electron chi connectivity index (χ1n) is 3.71. The van der Waals surface area contributed by atoms with Crippen LogP contribution in [0, 0.1) is 11.2 Å². The van der Waals surface area contributed by atoms with Crippen molar-refractivity contribution < 1.29 is 9.18 Å². The fourth-order valence-corrected chi connectivity index (χ4v) is 0.925. The number of hydrogen-bond acceptors (Lipinski definition) is 2. The molecule has 4 heteroatoms. The SMILES string of the molecule is CC(=O)Nc1ccc(C=N)c(F)c1. The normalized spacial score (nSPS) is 9.38. The van der Waals surface area contributed by atoms with Crippen molar-refractivity contribution in [2.75, 3.05) is 5.32 Å². The minimum Gasteiger partial charge on any atom is -0.326 e. The number of benzene rings is 1. The molecule has 0 aliphatic heterocycles. The predicted octanol–water partition coefficient (Wildman–Crippen LogP) is 1.78. The zero-order valence-corrected chi connectivity index (χ0v) is 7.10. The lowest BCUT2D eigenvalue weighted by Gasteiger charge is -2.02. The second-order valence-corrected chi connectivity index (χ2v) is 2.56. The zero-order chi connectivity index (χ0) is 9.84. The van der Waals surface area contributed by atoms with Crippen LogP contribution in [0.2, 0.25) is 0 Å². The predicted molar refractivity (Wildman–Crippen MR) is 48.6 cm³/mol. The van der Waals surface area contributed by atoms with E-state index in [-0.39, 0.29) is 11.5 Å². The molecule has 68 valence electrons. The highest BCUT2D eigenvalue weighted by molar-refractivity contribution is 5.89. The number of anilines is 1. The van der Waals surface area contributed by atoms with Gasteiger partial charge in [0.1, 0.15) is 5.82 Å². The fourth-order valence-electron chi connectivity index (χ4n) is 0.925. The van der Waals surface area contributed by atoms with E-state index >= 15 is 0 Å². The molecule has 0 aliphatic rings. The molecular formula is C9H9FN2O. The summed E-state index contributed by atoms with van der Waals surface area (Å²) in [5, 5.41) is 9.29. The van der Waals surface area contributed by atoms with Crippen LogP contribution in [0.1, 0.15) is 12.5 Å². The molecule has 3 nitrogen and oxygen atoms in total. The summed E-state index contributed by atoms with van der Waals surface area (Å²) in [5.74, 6) is -0.761. The van der Waals surface area contributed by atoms with Gasteiger partial charge >= 0.3 is 0 Å². The van der Waals surface area contributed by atoms with E-state index in [0.29, 0.717) is 5.69 Å². The third-order valence-corrected chi connectivity index (χ3v) is 1.48. The van der Waals surface area contributed by atoms with E-state index in [2.05, 4.69) is 5.32 Å². The van der Waals surface area contributed by atoms with Gasteiger partial charge in [-0.1, -0.05) is 0 Å². The Bertz CT molecular complexity index is 349. The summed E-state index contributed by atoms with van der Waals surface area (Å²) in [6.07, 6.45) is 0.923. The van der Waals surface area contributed by atoms with Gasteiger partial charge in [-0.3, -0.25) is 4.79 Å². The second-order valence-electron chi connectivity index (χ2n) is 2.56. The van der Waals surface area contributed by atoms with Gasteiger partial charge in [-0.2, -0.15) is 0 Å². The molecule has 13 heavy (non-hydrogen) atoms. The summed E-state index contributed by atoms with van der Waals surface area (Å²) < 4.78 is 13.0. The van der Waals surface area contributed by atoms with Gasteiger partial charge in [0.05, 0.1) is 0 Å². The highest BCUT2D eigenvalue weighted by atomic mass is 19.1. The second kappa shape index (κ2) is 3.80. The minimum atomic E-state index is -0.513. The van der Waals surface area contributed by atoms with Crippen molar-refractivity contribution in [3.63, 3.8) is 0 Å². The minimum absolute atomic E-state index is 0.203. The van der Waals surface area contributed by atoms with Crippen LogP contribution in [0.5, 0.6) is 0 Å². The van der Waals surface area contributed by atoms with Crippen molar-refractivity contribution in [3.05, 3.63) is 29.6 Å². The van der Waals surface area contributed by atoms with Crippen LogP contribution in [0.25, 0.3) is 0 Å². The number of carbonyl (C=O) groups is 1. The summed E-state index contributed by atoms with van der Waals surface area (Å²) in [6, 6.07) is 4.17. The average Bonchev–Trinajstić information content (AvgIpc) is 2.03. The van der Waals surface area contributed by atoms with Crippen molar-refractivity contribution in [1.82, 2.24) is 0 Å². The van der Waals surface area contributed by atoms with E-state index in [1.165, 1.54) is 19.1 Å². The highest BCUT2D eigenvalue weighted by Gasteiger charge is 2.01. The third-order valence-electron chi connectivity index (χ3n) is 1.48. The number of amides is 1. The lowest BCUT2D eigenvalue weighted by atomic mass is 10.2. The van der Waals surface area contributed by atoms with E-state index in [9.17, 15) is 9.18 Å². The summed E-state index contributed by atoms with van der Waals surface area (Å²) >= 11 is 0.